The first-order valence-electron chi connectivity index (χ1n) is 12.1. The van der Waals surface area contributed by atoms with Crippen LogP contribution in [0.2, 0.25) is 0 Å². The van der Waals surface area contributed by atoms with Crippen LogP contribution >= 0.6 is 0 Å². The third-order valence-corrected chi connectivity index (χ3v) is 6.72. The van der Waals surface area contributed by atoms with Crippen LogP contribution < -0.4 is 9.80 Å². The van der Waals surface area contributed by atoms with E-state index >= 15 is 0 Å². The smallest absolute Gasteiger partial charge is 0.271 e. The van der Waals surface area contributed by atoms with Gasteiger partial charge >= 0.3 is 0 Å². The van der Waals surface area contributed by atoms with Crippen LogP contribution in [0.15, 0.2) is 90.1 Å². The number of nitro benzene ring substituents is 1. The normalized spacial score (nSPS) is 17.4. The number of benzene rings is 3. The molecule has 0 amide bonds. The molecule has 36 heavy (non-hydrogen) atoms. The summed E-state index contributed by atoms with van der Waals surface area (Å²) in [6.07, 6.45) is 0.280. The highest BCUT2D eigenvalue weighted by Crippen LogP contribution is 2.42. The van der Waals surface area contributed by atoms with Crippen molar-refractivity contribution in [3.63, 3.8) is 0 Å². The van der Waals surface area contributed by atoms with Crippen LogP contribution in [0.1, 0.15) is 23.6 Å². The highest BCUT2D eigenvalue weighted by Gasteiger charge is 2.36. The molecule has 8 heteroatoms. The average Bonchev–Trinajstić information content (AvgIpc) is 2.88. The highest BCUT2D eigenvalue weighted by molar-refractivity contribution is 6.01. The van der Waals surface area contributed by atoms with Crippen molar-refractivity contribution in [1.29, 1.82) is 0 Å². The predicted octanol–water partition coefficient (Wildman–Crippen LogP) is 5.74. The molecule has 2 aliphatic rings. The van der Waals surface area contributed by atoms with Crippen molar-refractivity contribution in [3.8, 4) is 0 Å². The minimum Gasteiger partial charge on any atom is -0.513 e. The van der Waals surface area contributed by atoms with E-state index in [0.29, 0.717) is 5.69 Å². The first-order valence-corrected chi connectivity index (χ1v) is 12.1. The number of nitro groups is 1. The summed E-state index contributed by atoms with van der Waals surface area (Å²) in [5.41, 5.74) is 4.88. The zero-order chi connectivity index (χ0) is 25.2. The summed E-state index contributed by atoms with van der Waals surface area (Å²) in [4.78, 5) is 22.8. The van der Waals surface area contributed by atoms with E-state index in [1.807, 2.05) is 35.2 Å². The molecule has 0 spiro atoms. The van der Waals surface area contributed by atoms with Crippen LogP contribution in [0, 0.1) is 17.0 Å². The van der Waals surface area contributed by atoms with Crippen LogP contribution in [-0.4, -0.2) is 47.1 Å². The van der Waals surface area contributed by atoms with E-state index in [9.17, 15) is 15.2 Å². The number of aryl methyl sites for hydroxylation is 1. The Labute approximate surface area is 210 Å². The van der Waals surface area contributed by atoms with Crippen molar-refractivity contribution in [2.24, 2.45) is 4.99 Å². The van der Waals surface area contributed by atoms with Gasteiger partial charge < -0.3 is 19.8 Å². The molecule has 1 fully saturated rings. The van der Waals surface area contributed by atoms with Gasteiger partial charge in [-0.1, -0.05) is 43.0 Å². The Balaban J connectivity index is 1.53. The molecule has 3 aromatic carbocycles. The SMILES string of the molecule is C=C(O)CC1c2ccccc2N=C(N2CCN(c3cccc(C)c3)CC2)N1c1cccc([N+](=O)[O-])c1. The molecule has 5 rings (SSSR count). The maximum Gasteiger partial charge on any atom is 0.271 e. The van der Waals surface area contributed by atoms with Crippen LogP contribution in [0.3, 0.4) is 0 Å². The molecule has 0 radical (unpaired) electrons. The number of hydrogen-bond acceptors (Lipinski definition) is 7. The molecule has 1 saturated heterocycles. The highest BCUT2D eigenvalue weighted by atomic mass is 16.6. The number of para-hydroxylation sites is 1. The first kappa shape index (κ1) is 23.4. The molecule has 3 aromatic rings. The van der Waals surface area contributed by atoms with Gasteiger partial charge in [-0.3, -0.25) is 10.1 Å². The van der Waals surface area contributed by atoms with E-state index in [0.717, 1.165) is 43.4 Å². The van der Waals surface area contributed by atoms with E-state index in [4.69, 9.17) is 4.99 Å². The Morgan fingerprint density at radius 3 is 2.42 bits per heavy atom. The van der Waals surface area contributed by atoms with Crippen molar-refractivity contribution in [2.45, 2.75) is 19.4 Å². The summed E-state index contributed by atoms with van der Waals surface area (Å²) in [5, 5.41) is 21.8. The molecule has 8 nitrogen and oxygen atoms in total. The fourth-order valence-electron chi connectivity index (χ4n) is 5.00. The van der Waals surface area contributed by atoms with E-state index in [2.05, 4.69) is 47.6 Å². The number of guanidine groups is 1. The molecule has 0 saturated carbocycles. The fraction of sp³-hybridized carbons (Fsp3) is 0.250. The van der Waals surface area contributed by atoms with Crippen LogP contribution in [0.5, 0.6) is 0 Å². The number of aliphatic hydroxyl groups excluding tert-OH is 1. The topological polar surface area (TPSA) is 85.5 Å². The van der Waals surface area contributed by atoms with E-state index < -0.39 is 4.92 Å². The molecule has 1 unspecified atom stereocenters. The number of aliphatic imine (C=N–C) groups is 1. The van der Waals surface area contributed by atoms with Crippen LogP contribution in [-0.2, 0) is 0 Å². The molecule has 1 atom stereocenters. The maximum absolute atomic E-state index is 11.6. The maximum atomic E-state index is 11.6. The Morgan fingerprint density at radius 1 is 1.00 bits per heavy atom. The van der Waals surface area contributed by atoms with Gasteiger partial charge in [-0.25, -0.2) is 4.99 Å². The van der Waals surface area contributed by atoms with Crippen molar-refractivity contribution in [2.75, 3.05) is 36.0 Å². The lowest BCUT2D eigenvalue weighted by Crippen LogP contribution is -2.55. The zero-order valence-electron chi connectivity index (χ0n) is 20.2. The number of nitrogens with zero attached hydrogens (tertiary/aromatic N) is 5. The van der Waals surface area contributed by atoms with Crippen molar-refractivity contribution < 1.29 is 10.0 Å². The second-order valence-corrected chi connectivity index (χ2v) is 9.22. The molecule has 1 N–H and O–H groups in total. The van der Waals surface area contributed by atoms with Crippen molar-refractivity contribution >= 4 is 28.7 Å². The molecule has 2 heterocycles. The minimum atomic E-state index is -0.390. The van der Waals surface area contributed by atoms with Crippen LogP contribution in [0.25, 0.3) is 0 Å². The Hall–Kier alpha value is -4.33. The first-order chi connectivity index (χ1) is 17.4. The second-order valence-electron chi connectivity index (χ2n) is 9.22. The molecule has 2 aliphatic heterocycles. The van der Waals surface area contributed by atoms with Gasteiger partial charge in [0.25, 0.3) is 5.69 Å². The summed E-state index contributed by atoms with van der Waals surface area (Å²) < 4.78 is 0. The van der Waals surface area contributed by atoms with Gasteiger partial charge in [-0.05, 0) is 36.8 Å². The summed E-state index contributed by atoms with van der Waals surface area (Å²) in [6.45, 7) is 8.98. The van der Waals surface area contributed by atoms with Gasteiger partial charge in [0.1, 0.15) is 0 Å². The lowest BCUT2D eigenvalue weighted by Gasteiger charge is -2.45. The van der Waals surface area contributed by atoms with Gasteiger partial charge in [-0.15, -0.1) is 0 Å². The molecule has 0 aliphatic carbocycles. The summed E-state index contributed by atoms with van der Waals surface area (Å²) >= 11 is 0. The predicted molar refractivity (Wildman–Crippen MR) is 143 cm³/mol. The third kappa shape index (κ3) is 4.62. The van der Waals surface area contributed by atoms with Crippen LogP contribution in [0.4, 0.5) is 22.7 Å². The number of rotatable bonds is 5. The standard InChI is InChI=1S/C28H29N5O3/c1-20-7-5-8-22(17-20)30-13-15-31(16-14-30)28-29-26-12-4-3-11-25(26)27(18-21(2)34)32(28)23-9-6-10-24(19-23)33(35)36/h3-12,17,19,27,34H,2,13-16,18H2,1H3. The number of aliphatic hydroxyl groups is 1. The van der Waals surface area contributed by atoms with Crippen molar-refractivity contribution in [3.05, 3.63) is 106 Å². The zero-order valence-corrected chi connectivity index (χ0v) is 20.2. The summed E-state index contributed by atoms with van der Waals surface area (Å²) in [5.74, 6) is 0.778. The van der Waals surface area contributed by atoms with Gasteiger partial charge in [0, 0.05) is 56.0 Å². The number of piperazine rings is 1. The molecular formula is C28H29N5O3. The number of fused-ring (bicyclic) bond motifs is 1. The summed E-state index contributed by atoms with van der Waals surface area (Å²) in [6, 6.07) is 22.6. The molecular weight excluding hydrogens is 454 g/mol. The Kier molecular flexibility index (Phi) is 6.33. The lowest BCUT2D eigenvalue weighted by atomic mass is 9.97. The lowest BCUT2D eigenvalue weighted by molar-refractivity contribution is -0.384. The number of non-ortho nitro benzene ring substituents is 1. The molecule has 184 valence electrons. The fourth-order valence-corrected chi connectivity index (χ4v) is 5.00. The Bertz CT molecular complexity index is 1330. The van der Waals surface area contributed by atoms with E-state index in [-0.39, 0.29) is 23.9 Å². The average molecular weight is 484 g/mol. The Morgan fingerprint density at radius 2 is 1.69 bits per heavy atom. The van der Waals surface area contributed by atoms with Gasteiger partial charge in [-0.2, -0.15) is 0 Å². The minimum absolute atomic E-state index is 0.0107. The van der Waals surface area contributed by atoms with Gasteiger partial charge in [0.15, 0.2) is 0 Å². The summed E-state index contributed by atoms with van der Waals surface area (Å²) in [7, 11) is 0. The van der Waals surface area contributed by atoms with E-state index in [1.165, 1.54) is 17.3 Å². The molecule has 0 bridgehead atoms. The van der Waals surface area contributed by atoms with Gasteiger partial charge in [0.2, 0.25) is 5.96 Å². The molecule has 0 aromatic heterocycles. The largest absolute Gasteiger partial charge is 0.513 e. The van der Waals surface area contributed by atoms with Crippen molar-refractivity contribution in [1.82, 2.24) is 4.90 Å². The third-order valence-electron chi connectivity index (χ3n) is 6.72. The number of hydrogen-bond donors (Lipinski definition) is 1. The van der Waals surface area contributed by atoms with Gasteiger partial charge in [0.05, 0.1) is 28.1 Å². The van der Waals surface area contributed by atoms with E-state index in [1.54, 1.807) is 12.1 Å². The monoisotopic (exact) mass is 483 g/mol. The number of anilines is 2. The quantitative estimate of drug-likeness (QED) is 0.283. The second kappa shape index (κ2) is 9.73.